The van der Waals surface area contributed by atoms with Gasteiger partial charge in [0, 0.05) is 22.4 Å². The summed E-state index contributed by atoms with van der Waals surface area (Å²) in [5.74, 6) is -0.0329. The van der Waals surface area contributed by atoms with Gasteiger partial charge in [0.05, 0.1) is 16.8 Å². The number of fused-ring (bicyclic) bond motifs is 12. The van der Waals surface area contributed by atoms with E-state index in [2.05, 4.69) is 241 Å². The number of nitrogens with zero attached hydrogens (tertiary/aromatic N) is 1. The molecule has 1 unspecified atom stereocenters. The average Bonchev–Trinajstić information content (AvgIpc) is 3.91. The SMILES string of the molecule is CCN.c1ccc(-c2ccc(C(c3ccccc3)c3cccc4c3-c3cc(-c5ccc6c(c5)oc5ccccc56)ccc3C43c4ccccc4N(c4ccccc4)c4ccccc43)cc2)cc1. The molecule has 2 aliphatic rings. The topological polar surface area (TPSA) is 42.4 Å². The minimum atomic E-state index is -0.598. The molecule has 11 aromatic rings. The van der Waals surface area contributed by atoms with E-state index in [1.54, 1.807) is 0 Å². The maximum absolute atomic E-state index is 6.46. The maximum atomic E-state index is 6.46. The Labute approximate surface area is 392 Å². The van der Waals surface area contributed by atoms with Crippen molar-refractivity contribution in [1.82, 2.24) is 0 Å². The molecule has 1 aliphatic carbocycles. The van der Waals surface area contributed by atoms with Crippen LogP contribution in [0.15, 0.2) is 247 Å². The molecule has 0 fully saturated rings. The van der Waals surface area contributed by atoms with Crippen LogP contribution in [0.25, 0.3) is 55.3 Å². The molecule has 13 rings (SSSR count). The van der Waals surface area contributed by atoms with E-state index in [1.807, 2.05) is 13.0 Å². The summed E-state index contributed by atoms with van der Waals surface area (Å²) >= 11 is 0. The van der Waals surface area contributed by atoms with Gasteiger partial charge in [0.2, 0.25) is 0 Å². The van der Waals surface area contributed by atoms with Crippen LogP contribution in [0.5, 0.6) is 0 Å². The number of benzene rings is 10. The van der Waals surface area contributed by atoms with Crippen LogP contribution in [0.1, 0.15) is 51.8 Å². The predicted molar refractivity (Wildman–Crippen MR) is 279 cm³/mol. The number of hydrogen-bond donors (Lipinski definition) is 1. The van der Waals surface area contributed by atoms with Crippen molar-refractivity contribution in [2.45, 2.75) is 18.3 Å². The molecule has 10 aromatic carbocycles. The molecule has 2 heterocycles. The smallest absolute Gasteiger partial charge is 0.136 e. The van der Waals surface area contributed by atoms with Gasteiger partial charge in [0.1, 0.15) is 11.2 Å². The lowest BCUT2D eigenvalue weighted by Gasteiger charge is -2.45. The number of rotatable bonds is 6. The highest BCUT2D eigenvalue weighted by molar-refractivity contribution is 6.06. The maximum Gasteiger partial charge on any atom is 0.136 e. The fraction of sp³-hybridized carbons (Fsp3) is 0.0625. The Kier molecular flexibility index (Phi) is 10.0. The molecule has 0 radical (unpaired) electrons. The number of para-hydroxylation sites is 4. The fourth-order valence-electron chi connectivity index (χ4n) is 11.1. The normalized spacial score (nSPS) is 13.3. The van der Waals surface area contributed by atoms with E-state index in [1.165, 1.54) is 72.6 Å². The lowest BCUT2D eigenvalue weighted by Crippen LogP contribution is -2.36. The molecule has 320 valence electrons. The molecule has 2 N–H and O–H groups in total. The molecule has 1 aromatic heterocycles. The highest BCUT2D eigenvalue weighted by Crippen LogP contribution is 2.65. The third kappa shape index (κ3) is 6.46. The van der Waals surface area contributed by atoms with Gasteiger partial charge < -0.3 is 15.1 Å². The third-order valence-electron chi connectivity index (χ3n) is 13.8. The second kappa shape index (κ2) is 16.6. The summed E-state index contributed by atoms with van der Waals surface area (Å²) in [5.41, 5.74) is 25.8. The van der Waals surface area contributed by atoms with Crippen molar-refractivity contribution >= 4 is 39.0 Å². The number of nitrogens with two attached hydrogens (primary N) is 1. The van der Waals surface area contributed by atoms with Crippen molar-refractivity contribution in [3.05, 3.63) is 282 Å². The second-order valence-electron chi connectivity index (χ2n) is 17.5. The molecule has 1 aliphatic heterocycles. The summed E-state index contributed by atoms with van der Waals surface area (Å²) in [6, 6.07) is 89.3. The minimum Gasteiger partial charge on any atom is -0.456 e. The standard InChI is InChI=1S/C62H41NO.C2H7N/c1-4-17-41(18-5-1)42-31-33-44(34-32-42)60(43-19-6-2-7-20-43)50-24-16-27-55-61(50)51-39-45(46-35-37-49-48-23-10-15-30-58(48)64-59(49)40-46)36-38-52(51)62(55)53-25-11-13-28-56(53)63(47-21-8-3-9-22-47)57-29-14-12-26-54(57)62;1-2-3/h1-40,60H;2-3H2,1H3. The van der Waals surface area contributed by atoms with Crippen molar-refractivity contribution < 1.29 is 4.42 Å². The van der Waals surface area contributed by atoms with Gasteiger partial charge in [-0.2, -0.15) is 0 Å². The van der Waals surface area contributed by atoms with E-state index in [4.69, 9.17) is 10.2 Å². The molecule has 0 amide bonds. The molecule has 3 nitrogen and oxygen atoms in total. The van der Waals surface area contributed by atoms with E-state index < -0.39 is 5.41 Å². The molecule has 0 bridgehead atoms. The van der Waals surface area contributed by atoms with E-state index in [0.717, 1.165) is 45.3 Å². The van der Waals surface area contributed by atoms with Crippen LogP contribution in [0.2, 0.25) is 0 Å². The zero-order valence-electron chi connectivity index (χ0n) is 37.3. The number of anilines is 3. The first-order valence-electron chi connectivity index (χ1n) is 23.3. The molecule has 1 atom stereocenters. The van der Waals surface area contributed by atoms with Crippen molar-refractivity contribution in [3.63, 3.8) is 0 Å². The van der Waals surface area contributed by atoms with Crippen LogP contribution in [0, 0.1) is 0 Å². The Bertz CT molecular complexity index is 3530. The third-order valence-corrected chi connectivity index (χ3v) is 13.8. The summed E-state index contributed by atoms with van der Waals surface area (Å²) in [4.78, 5) is 2.45. The van der Waals surface area contributed by atoms with Crippen molar-refractivity contribution in [1.29, 1.82) is 0 Å². The van der Waals surface area contributed by atoms with Crippen molar-refractivity contribution in [2.24, 2.45) is 5.73 Å². The Morgan fingerprint density at radius 3 is 1.67 bits per heavy atom. The summed E-state index contributed by atoms with van der Waals surface area (Å²) in [7, 11) is 0. The van der Waals surface area contributed by atoms with Gasteiger partial charge in [-0.05, 0) is 127 Å². The fourth-order valence-corrected chi connectivity index (χ4v) is 11.1. The highest BCUT2D eigenvalue weighted by atomic mass is 16.3. The number of furan rings is 1. The van der Waals surface area contributed by atoms with E-state index in [9.17, 15) is 0 Å². The zero-order valence-corrected chi connectivity index (χ0v) is 37.3. The van der Waals surface area contributed by atoms with Crippen LogP contribution in [-0.4, -0.2) is 6.54 Å². The quantitative estimate of drug-likeness (QED) is 0.169. The summed E-state index contributed by atoms with van der Waals surface area (Å²) < 4.78 is 6.46. The van der Waals surface area contributed by atoms with Gasteiger partial charge in [-0.25, -0.2) is 0 Å². The summed E-state index contributed by atoms with van der Waals surface area (Å²) in [5, 5.41) is 2.27. The van der Waals surface area contributed by atoms with Gasteiger partial charge in [-0.3, -0.25) is 0 Å². The molecule has 0 saturated heterocycles. The highest BCUT2D eigenvalue weighted by Gasteiger charge is 2.52. The van der Waals surface area contributed by atoms with E-state index in [0.29, 0.717) is 0 Å². The molecule has 3 heteroatoms. The van der Waals surface area contributed by atoms with Gasteiger partial charge in [-0.15, -0.1) is 0 Å². The van der Waals surface area contributed by atoms with Crippen LogP contribution in [0.3, 0.4) is 0 Å². The summed E-state index contributed by atoms with van der Waals surface area (Å²) in [6.45, 7) is 2.65. The van der Waals surface area contributed by atoms with Gasteiger partial charge >= 0.3 is 0 Å². The van der Waals surface area contributed by atoms with Crippen LogP contribution in [-0.2, 0) is 5.41 Å². The van der Waals surface area contributed by atoms with Crippen LogP contribution in [0.4, 0.5) is 17.1 Å². The Balaban J connectivity index is 0.00000152. The van der Waals surface area contributed by atoms with Gasteiger partial charge in [0.25, 0.3) is 0 Å². The summed E-state index contributed by atoms with van der Waals surface area (Å²) in [6.07, 6.45) is 0. The first-order chi connectivity index (χ1) is 33.2. The van der Waals surface area contributed by atoms with Gasteiger partial charge in [-0.1, -0.05) is 201 Å². The Hall–Kier alpha value is -8.24. The molecule has 67 heavy (non-hydrogen) atoms. The average molecular weight is 861 g/mol. The molecular formula is C64H48N2O. The first-order valence-corrected chi connectivity index (χ1v) is 23.3. The molecular weight excluding hydrogens is 813 g/mol. The lowest BCUT2D eigenvalue weighted by molar-refractivity contribution is 0.669. The van der Waals surface area contributed by atoms with Gasteiger partial charge in [0.15, 0.2) is 0 Å². The molecule has 0 saturated carbocycles. The molecule has 1 spiro atoms. The van der Waals surface area contributed by atoms with E-state index in [-0.39, 0.29) is 5.92 Å². The minimum absolute atomic E-state index is 0.0329. The van der Waals surface area contributed by atoms with Crippen LogP contribution >= 0.6 is 0 Å². The largest absolute Gasteiger partial charge is 0.456 e. The van der Waals surface area contributed by atoms with E-state index >= 15 is 0 Å². The first kappa shape index (κ1) is 40.3. The zero-order chi connectivity index (χ0) is 44.9. The lowest BCUT2D eigenvalue weighted by atomic mass is 9.64. The predicted octanol–water partition coefficient (Wildman–Crippen LogP) is 16.2. The van der Waals surface area contributed by atoms with Crippen LogP contribution < -0.4 is 10.6 Å². The Morgan fingerprint density at radius 2 is 0.955 bits per heavy atom. The van der Waals surface area contributed by atoms with Crippen molar-refractivity contribution in [2.75, 3.05) is 11.4 Å². The Morgan fingerprint density at radius 1 is 0.433 bits per heavy atom. The number of hydrogen-bond acceptors (Lipinski definition) is 3. The monoisotopic (exact) mass is 860 g/mol. The second-order valence-corrected chi connectivity index (χ2v) is 17.5. The van der Waals surface area contributed by atoms with Crippen molar-refractivity contribution in [3.8, 4) is 33.4 Å².